The number of hydrogen-bond acceptors (Lipinski definition) is 7. The summed E-state index contributed by atoms with van der Waals surface area (Å²) in [6.45, 7) is 4.34. The Morgan fingerprint density at radius 3 is 2.59 bits per heavy atom. The van der Waals surface area contributed by atoms with Crippen molar-refractivity contribution in [3.05, 3.63) is 35.9 Å². The van der Waals surface area contributed by atoms with Gasteiger partial charge in [0.25, 0.3) is 0 Å². The highest BCUT2D eigenvalue weighted by molar-refractivity contribution is 5.67. The van der Waals surface area contributed by atoms with Crippen molar-refractivity contribution in [3.63, 3.8) is 0 Å². The highest BCUT2D eigenvalue weighted by Crippen LogP contribution is 2.36. The molecule has 190 valence electrons. The van der Waals surface area contributed by atoms with Crippen LogP contribution < -0.4 is 0 Å². The summed E-state index contributed by atoms with van der Waals surface area (Å²) in [7, 11) is 0. The van der Waals surface area contributed by atoms with Crippen molar-refractivity contribution in [3.8, 4) is 0 Å². The number of carboxylic acid groups (broad SMARTS) is 1. The summed E-state index contributed by atoms with van der Waals surface area (Å²) >= 11 is 0. The SMILES string of the molecule is C[C@@H]1C[C@@H](C[C@@H](O)C[C@@H]2O[C@@H]3CO[C@@H](c4ccccc4)O[C@H]3CC[C@H]2O)O[C@@H]1[C@@H](C)CC(=O)O. The molecule has 0 radical (unpaired) electrons. The summed E-state index contributed by atoms with van der Waals surface area (Å²) in [6, 6.07) is 9.78. The lowest BCUT2D eigenvalue weighted by atomic mass is 9.89. The largest absolute Gasteiger partial charge is 0.481 e. The zero-order chi connectivity index (χ0) is 24.2. The summed E-state index contributed by atoms with van der Waals surface area (Å²) in [4.78, 5) is 11.1. The van der Waals surface area contributed by atoms with E-state index in [1.165, 1.54) is 0 Å². The molecule has 0 bridgehead atoms. The summed E-state index contributed by atoms with van der Waals surface area (Å²) in [6.07, 6.45) is -0.257. The molecular formula is C26H38O8. The molecule has 0 aliphatic carbocycles. The molecule has 1 aromatic rings. The Labute approximate surface area is 201 Å². The molecule has 3 heterocycles. The van der Waals surface area contributed by atoms with Crippen molar-refractivity contribution in [2.75, 3.05) is 6.61 Å². The van der Waals surface area contributed by atoms with Gasteiger partial charge < -0.3 is 34.3 Å². The minimum atomic E-state index is -0.824. The van der Waals surface area contributed by atoms with Crippen LogP contribution in [-0.2, 0) is 23.7 Å². The number of rotatable bonds is 8. The number of benzene rings is 1. The maximum Gasteiger partial charge on any atom is 0.303 e. The maximum atomic E-state index is 11.1. The minimum Gasteiger partial charge on any atom is -0.481 e. The molecule has 3 saturated heterocycles. The van der Waals surface area contributed by atoms with Crippen LogP contribution in [0.5, 0.6) is 0 Å². The van der Waals surface area contributed by atoms with Crippen LogP contribution in [0.15, 0.2) is 30.3 Å². The van der Waals surface area contributed by atoms with Gasteiger partial charge in [0.05, 0.1) is 49.7 Å². The van der Waals surface area contributed by atoms with E-state index in [0.29, 0.717) is 32.3 Å². The molecule has 0 amide bonds. The van der Waals surface area contributed by atoms with Crippen LogP contribution in [0.4, 0.5) is 0 Å². The first kappa shape index (κ1) is 25.5. The number of fused-ring (bicyclic) bond motifs is 1. The van der Waals surface area contributed by atoms with Crippen molar-refractivity contribution >= 4 is 5.97 Å². The molecule has 3 aliphatic heterocycles. The fourth-order valence-electron chi connectivity index (χ4n) is 5.66. The van der Waals surface area contributed by atoms with Crippen LogP contribution in [0.3, 0.4) is 0 Å². The maximum absolute atomic E-state index is 11.1. The second-order valence-electron chi connectivity index (χ2n) is 10.2. The molecule has 0 saturated carbocycles. The van der Waals surface area contributed by atoms with E-state index < -0.39 is 30.6 Å². The standard InChI is InChI=1S/C26H38O8/c1-15-10-19(32-25(15)16(2)11-24(29)30)12-18(27)13-22-20(28)8-9-21-23(33-22)14-31-26(34-21)17-6-4-3-5-7-17/h3-7,15-16,18-23,25-28H,8-14H2,1-2H3,(H,29,30)/t15-,16+,18-,19+,20-,21+,22+,23-,25+,26-/m1/s1. The Hall–Kier alpha value is -1.55. The third kappa shape index (κ3) is 6.36. The molecule has 3 aliphatic rings. The molecule has 34 heavy (non-hydrogen) atoms. The van der Waals surface area contributed by atoms with Crippen molar-refractivity contribution < 1.29 is 39.1 Å². The predicted molar refractivity (Wildman–Crippen MR) is 123 cm³/mol. The molecule has 0 aromatic heterocycles. The number of aliphatic carboxylic acids is 1. The van der Waals surface area contributed by atoms with Gasteiger partial charge >= 0.3 is 5.97 Å². The van der Waals surface area contributed by atoms with Crippen LogP contribution in [0.1, 0.15) is 64.2 Å². The number of carbonyl (C=O) groups is 1. The molecule has 1 aromatic carbocycles. The van der Waals surface area contributed by atoms with Crippen LogP contribution in [0, 0.1) is 11.8 Å². The summed E-state index contributed by atoms with van der Waals surface area (Å²) < 4.78 is 24.4. The van der Waals surface area contributed by atoms with E-state index in [2.05, 4.69) is 6.92 Å². The van der Waals surface area contributed by atoms with Crippen LogP contribution in [0.2, 0.25) is 0 Å². The van der Waals surface area contributed by atoms with Crippen LogP contribution in [-0.4, -0.2) is 70.6 Å². The molecular weight excluding hydrogens is 440 g/mol. The van der Waals surface area contributed by atoms with Crippen molar-refractivity contribution in [2.24, 2.45) is 11.8 Å². The summed E-state index contributed by atoms with van der Waals surface area (Å²) in [5, 5.41) is 30.6. The number of ether oxygens (including phenoxy) is 4. The van der Waals surface area contributed by atoms with Gasteiger partial charge in [0.15, 0.2) is 6.29 Å². The molecule has 0 unspecified atom stereocenters. The van der Waals surface area contributed by atoms with E-state index in [-0.39, 0.29) is 42.7 Å². The van der Waals surface area contributed by atoms with E-state index in [1.807, 2.05) is 37.3 Å². The number of carboxylic acids is 1. The minimum absolute atomic E-state index is 0.0736. The number of hydrogen-bond donors (Lipinski definition) is 3. The van der Waals surface area contributed by atoms with Gasteiger partial charge in [-0.25, -0.2) is 0 Å². The van der Waals surface area contributed by atoms with Gasteiger partial charge in [0, 0.05) is 12.0 Å². The van der Waals surface area contributed by atoms with Crippen LogP contribution >= 0.6 is 0 Å². The van der Waals surface area contributed by atoms with E-state index in [1.54, 1.807) is 0 Å². The van der Waals surface area contributed by atoms with Gasteiger partial charge in [-0.1, -0.05) is 44.2 Å². The lowest BCUT2D eigenvalue weighted by Crippen LogP contribution is -2.43. The fraction of sp³-hybridized carbons (Fsp3) is 0.731. The first-order valence-electron chi connectivity index (χ1n) is 12.5. The van der Waals surface area contributed by atoms with Gasteiger partial charge in [0.2, 0.25) is 0 Å². The van der Waals surface area contributed by atoms with E-state index >= 15 is 0 Å². The number of aliphatic hydroxyl groups is 2. The Bertz CT molecular complexity index is 788. The van der Waals surface area contributed by atoms with Crippen molar-refractivity contribution in [1.82, 2.24) is 0 Å². The smallest absolute Gasteiger partial charge is 0.303 e. The normalized spacial score (nSPS) is 38.0. The van der Waals surface area contributed by atoms with E-state index in [0.717, 1.165) is 12.0 Å². The lowest BCUT2D eigenvalue weighted by molar-refractivity contribution is -0.271. The monoisotopic (exact) mass is 478 g/mol. The van der Waals surface area contributed by atoms with Gasteiger partial charge in [-0.05, 0) is 37.5 Å². The first-order valence-corrected chi connectivity index (χ1v) is 12.5. The molecule has 10 atom stereocenters. The van der Waals surface area contributed by atoms with Gasteiger partial charge in [-0.15, -0.1) is 0 Å². The Balaban J connectivity index is 1.28. The Kier molecular flexibility index (Phi) is 8.61. The average Bonchev–Trinajstić information content (AvgIpc) is 3.09. The zero-order valence-corrected chi connectivity index (χ0v) is 20.0. The summed E-state index contributed by atoms with van der Waals surface area (Å²) in [5.74, 6) is -0.666. The molecule has 4 rings (SSSR count). The zero-order valence-electron chi connectivity index (χ0n) is 20.0. The fourth-order valence-corrected chi connectivity index (χ4v) is 5.66. The Morgan fingerprint density at radius 1 is 1.09 bits per heavy atom. The predicted octanol–water partition coefficient (Wildman–Crippen LogP) is 3.05. The highest BCUT2D eigenvalue weighted by atomic mass is 16.7. The van der Waals surface area contributed by atoms with E-state index in [9.17, 15) is 15.0 Å². The van der Waals surface area contributed by atoms with Crippen LogP contribution in [0.25, 0.3) is 0 Å². The van der Waals surface area contributed by atoms with Crippen molar-refractivity contribution in [2.45, 2.75) is 101 Å². The third-order valence-electron chi connectivity index (χ3n) is 7.36. The highest BCUT2D eigenvalue weighted by Gasteiger charge is 2.41. The molecule has 0 spiro atoms. The second-order valence-corrected chi connectivity index (χ2v) is 10.2. The van der Waals surface area contributed by atoms with E-state index in [4.69, 9.17) is 24.1 Å². The molecule has 8 heteroatoms. The average molecular weight is 479 g/mol. The molecule has 3 N–H and O–H groups in total. The van der Waals surface area contributed by atoms with Gasteiger partial charge in [-0.3, -0.25) is 4.79 Å². The first-order chi connectivity index (χ1) is 16.3. The van der Waals surface area contributed by atoms with Gasteiger partial charge in [0.1, 0.15) is 6.10 Å². The van der Waals surface area contributed by atoms with Crippen molar-refractivity contribution in [1.29, 1.82) is 0 Å². The second kappa shape index (κ2) is 11.5. The topological polar surface area (TPSA) is 115 Å². The Morgan fingerprint density at radius 2 is 1.85 bits per heavy atom. The number of aliphatic hydroxyl groups excluding tert-OH is 2. The quantitative estimate of drug-likeness (QED) is 0.522. The summed E-state index contributed by atoms with van der Waals surface area (Å²) in [5.41, 5.74) is 0.958. The van der Waals surface area contributed by atoms with Gasteiger partial charge in [-0.2, -0.15) is 0 Å². The molecule has 3 fully saturated rings. The lowest BCUT2D eigenvalue weighted by Gasteiger charge is -2.36. The molecule has 8 nitrogen and oxygen atoms in total. The third-order valence-corrected chi connectivity index (χ3v) is 7.36.